The van der Waals surface area contributed by atoms with Crippen LogP contribution in [0.1, 0.15) is 23.0 Å². The van der Waals surface area contributed by atoms with Crippen LogP contribution in [0, 0.1) is 0 Å². The quantitative estimate of drug-likeness (QED) is 0.595. The van der Waals surface area contributed by atoms with Crippen LogP contribution in [0.4, 0.5) is 11.4 Å². The predicted octanol–water partition coefficient (Wildman–Crippen LogP) is 2.61. The number of aromatic amines is 1. The summed E-state index contributed by atoms with van der Waals surface area (Å²) in [5, 5.41) is 6.86. The number of nitrogens with one attached hydrogen (secondary N) is 3. The average Bonchev–Trinajstić information content (AvgIpc) is 3.07. The molecule has 1 amide bonds. The Labute approximate surface area is 159 Å². The van der Waals surface area contributed by atoms with Gasteiger partial charge in [0.25, 0.3) is 5.91 Å². The molecule has 0 saturated carbocycles. The Morgan fingerprint density at radius 2 is 2.19 bits per heavy atom. The van der Waals surface area contributed by atoms with Gasteiger partial charge in [-0.05, 0) is 19.1 Å². The zero-order chi connectivity index (χ0) is 19.2. The minimum absolute atomic E-state index is 0.150. The number of nitrogens with zero attached hydrogens (tertiary/aromatic N) is 2. The van der Waals surface area contributed by atoms with Gasteiger partial charge in [-0.1, -0.05) is 11.6 Å². The smallest absolute Gasteiger partial charge is 0.252 e. The number of amides is 1. The number of halogens is 1. The van der Waals surface area contributed by atoms with Crippen LogP contribution >= 0.6 is 11.6 Å². The van der Waals surface area contributed by atoms with Crippen LogP contribution in [-0.2, 0) is 9.53 Å². The molecule has 0 saturated heterocycles. The third kappa shape index (κ3) is 2.73. The lowest BCUT2D eigenvalue weighted by Crippen LogP contribution is -2.53. The molecule has 1 aliphatic heterocycles. The fourth-order valence-electron chi connectivity index (χ4n) is 3.16. The van der Waals surface area contributed by atoms with Crippen molar-refractivity contribution in [3.63, 3.8) is 0 Å². The second-order valence-corrected chi connectivity index (χ2v) is 6.89. The standard InChI is InChI=1S/C18H16ClN5O3/c1-18(8-27-2)17(26)23-11-7-22-16-12(14(11)24-18)9(6-21-16)15(25)13-10(19)4-3-5-20-13/h3-7,24H,8H2,1-2H3,(H,21,22)(H,23,26)/t18-/m0/s1. The van der Waals surface area contributed by atoms with E-state index in [1.165, 1.54) is 19.5 Å². The van der Waals surface area contributed by atoms with Crippen molar-refractivity contribution < 1.29 is 14.3 Å². The van der Waals surface area contributed by atoms with E-state index in [1.807, 2.05) is 0 Å². The zero-order valence-electron chi connectivity index (χ0n) is 14.6. The van der Waals surface area contributed by atoms with E-state index in [9.17, 15) is 9.59 Å². The average molecular weight is 386 g/mol. The molecule has 3 N–H and O–H groups in total. The normalized spacial score (nSPS) is 18.7. The summed E-state index contributed by atoms with van der Waals surface area (Å²) in [5.41, 5.74) is 1.11. The van der Waals surface area contributed by atoms with Gasteiger partial charge in [-0.3, -0.25) is 14.6 Å². The van der Waals surface area contributed by atoms with Crippen LogP contribution < -0.4 is 10.6 Å². The van der Waals surface area contributed by atoms with Gasteiger partial charge in [-0.15, -0.1) is 0 Å². The maximum Gasteiger partial charge on any atom is 0.252 e. The van der Waals surface area contributed by atoms with Crippen LogP contribution in [0.15, 0.2) is 30.7 Å². The highest BCUT2D eigenvalue weighted by molar-refractivity contribution is 6.35. The number of anilines is 2. The summed E-state index contributed by atoms with van der Waals surface area (Å²) in [4.78, 5) is 36.9. The third-order valence-electron chi connectivity index (χ3n) is 4.50. The van der Waals surface area contributed by atoms with E-state index in [0.29, 0.717) is 28.0 Å². The molecule has 0 radical (unpaired) electrons. The van der Waals surface area contributed by atoms with Crippen molar-refractivity contribution in [2.75, 3.05) is 24.4 Å². The largest absolute Gasteiger partial charge is 0.382 e. The minimum atomic E-state index is -0.990. The third-order valence-corrected chi connectivity index (χ3v) is 4.81. The van der Waals surface area contributed by atoms with Gasteiger partial charge < -0.3 is 20.4 Å². The molecular formula is C18H16ClN5O3. The Morgan fingerprint density at radius 1 is 1.37 bits per heavy atom. The Morgan fingerprint density at radius 3 is 2.93 bits per heavy atom. The molecule has 0 aromatic carbocycles. The summed E-state index contributed by atoms with van der Waals surface area (Å²) < 4.78 is 5.18. The lowest BCUT2D eigenvalue weighted by atomic mass is 9.96. The lowest BCUT2D eigenvalue weighted by Gasteiger charge is -2.35. The van der Waals surface area contributed by atoms with Gasteiger partial charge in [0.2, 0.25) is 5.78 Å². The molecule has 0 spiro atoms. The molecule has 9 heteroatoms. The number of hydrogen-bond donors (Lipinski definition) is 3. The van der Waals surface area contributed by atoms with Gasteiger partial charge in [-0.2, -0.15) is 0 Å². The summed E-state index contributed by atoms with van der Waals surface area (Å²) in [5.74, 6) is -0.580. The van der Waals surface area contributed by atoms with Gasteiger partial charge in [0.15, 0.2) is 0 Å². The fraction of sp³-hybridized carbons (Fsp3) is 0.222. The highest BCUT2D eigenvalue weighted by Gasteiger charge is 2.39. The van der Waals surface area contributed by atoms with Gasteiger partial charge in [-0.25, -0.2) is 4.98 Å². The number of pyridine rings is 2. The molecule has 0 aliphatic carbocycles. The number of methoxy groups -OCH3 is 1. The molecule has 138 valence electrons. The van der Waals surface area contributed by atoms with Crippen LogP contribution in [0.3, 0.4) is 0 Å². The van der Waals surface area contributed by atoms with E-state index in [0.717, 1.165) is 0 Å². The molecule has 1 atom stereocenters. The number of rotatable bonds is 4. The Kier molecular flexibility index (Phi) is 4.09. The van der Waals surface area contributed by atoms with Crippen LogP contribution in [0.5, 0.6) is 0 Å². The number of fused-ring (bicyclic) bond motifs is 3. The van der Waals surface area contributed by atoms with Crippen LogP contribution in [-0.4, -0.2) is 45.9 Å². The summed E-state index contributed by atoms with van der Waals surface area (Å²) >= 11 is 6.14. The van der Waals surface area contributed by atoms with Gasteiger partial charge in [0, 0.05) is 19.5 Å². The molecular weight excluding hydrogens is 370 g/mol. The van der Waals surface area contributed by atoms with E-state index in [-0.39, 0.29) is 29.0 Å². The highest BCUT2D eigenvalue weighted by Crippen LogP contribution is 2.38. The SMILES string of the molecule is COC[C@]1(C)Nc2c(cnc3[nH]cc(C(=O)c4ncccc4Cl)c23)NC1=O. The highest BCUT2D eigenvalue weighted by atomic mass is 35.5. The second kappa shape index (κ2) is 6.33. The summed E-state index contributed by atoms with van der Waals surface area (Å²) in [6.45, 7) is 1.88. The van der Waals surface area contributed by atoms with Crippen molar-refractivity contribution in [1.82, 2.24) is 15.0 Å². The molecule has 0 bridgehead atoms. The van der Waals surface area contributed by atoms with Gasteiger partial charge in [0.1, 0.15) is 16.9 Å². The van der Waals surface area contributed by atoms with E-state index >= 15 is 0 Å². The first-order valence-corrected chi connectivity index (χ1v) is 8.56. The van der Waals surface area contributed by atoms with Crippen molar-refractivity contribution in [3.05, 3.63) is 47.0 Å². The summed E-state index contributed by atoms with van der Waals surface area (Å²) in [7, 11) is 1.52. The Bertz CT molecular complexity index is 1080. The number of carbonyl (C=O) groups excluding carboxylic acids is 2. The number of H-pyrrole nitrogens is 1. The monoisotopic (exact) mass is 385 g/mol. The number of ether oxygens (including phenoxy) is 1. The molecule has 1 aliphatic rings. The maximum absolute atomic E-state index is 13.0. The maximum atomic E-state index is 13.0. The molecule has 0 unspecified atom stereocenters. The molecule has 0 fully saturated rings. The summed E-state index contributed by atoms with van der Waals surface area (Å²) in [6, 6.07) is 3.27. The topological polar surface area (TPSA) is 109 Å². The van der Waals surface area contributed by atoms with Gasteiger partial charge >= 0.3 is 0 Å². The number of carbonyl (C=O) groups is 2. The van der Waals surface area contributed by atoms with Crippen LogP contribution in [0.2, 0.25) is 5.02 Å². The molecule has 3 aromatic rings. The minimum Gasteiger partial charge on any atom is -0.382 e. The zero-order valence-corrected chi connectivity index (χ0v) is 15.3. The van der Waals surface area contributed by atoms with E-state index in [1.54, 1.807) is 25.3 Å². The second-order valence-electron chi connectivity index (χ2n) is 6.48. The van der Waals surface area contributed by atoms with Crippen molar-refractivity contribution >= 4 is 45.7 Å². The number of hydrogen-bond acceptors (Lipinski definition) is 6. The first-order valence-electron chi connectivity index (χ1n) is 8.18. The van der Waals surface area contributed by atoms with Crippen molar-refractivity contribution in [1.29, 1.82) is 0 Å². The van der Waals surface area contributed by atoms with Gasteiger partial charge in [0.05, 0.1) is 40.2 Å². The fourth-order valence-corrected chi connectivity index (χ4v) is 3.37. The van der Waals surface area contributed by atoms with Crippen molar-refractivity contribution in [2.45, 2.75) is 12.5 Å². The van der Waals surface area contributed by atoms with Crippen LogP contribution in [0.25, 0.3) is 11.0 Å². The molecule has 4 rings (SSSR count). The van der Waals surface area contributed by atoms with E-state index in [4.69, 9.17) is 16.3 Å². The number of aromatic nitrogens is 3. The van der Waals surface area contributed by atoms with Crippen molar-refractivity contribution in [2.24, 2.45) is 0 Å². The number of ketones is 1. The van der Waals surface area contributed by atoms with Crippen molar-refractivity contribution in [3.8, 4) is 0 Å². The lowest BCUT2D eigenvalue weighted by molar-refractivity contribution is -0.121. The molecule has 27 heavy (non-hydrogen) atoms. The first-order chi connectivity index (χ1) is 12.9. The van der Waals surface area contributed by atoms with E-state index < -0.39 is 5.54 Å². The molecule has 8 nitrogen and oxygen atoms in total. The van der Waals surface area contributed by atoms with E-state index in [2.05, 4.69) is 25.6 Å². The predicted molar refractivity (Wildman–Crippen MR) is 101 cm³/mol. The molecule has 4 heterocycles. The summed E-state index contributed by atoms with van der Waals surface area (Å²) in [6.07, 6.45) is 4.61. The Balaban J connectivity index is 1.89. The molecule has 3 aromatic heterocycles. The Hall–Kier alpha value is -2.97. The first kappa shape index (κ1) is 17.4.